The molecule has 0 heterocycles. The van der Waals surface area contributed by atoms with Crippen molar-refractivity contribution in [3.63, 3.8) is 0 Å². The van der Waals surface area contributed by atoms with E-state index in [4.69, 9.17) is 14.6 Å². The van der Waals surface area contributed by atoms with Crippen molar-refractivity contribution in [2.75, 3.05) is 13.2 Å². The molecule has 184 valence electrons. The number of ether oxygens (including phenoxy) is 2. The van der Waals surface area contributed by atoms with Crippen molar-refractivity contribution in [2.45, 2.75) is 119 Å². The van der Waals surface area contributed by atoms with Gasteiger partial charge in [0.25, 0.3) is 0 Å². The summed E-state index contributed by atoms with van der Waals surface area (Å²) in [5.74, 6) is -0.955. The van der Waals surface area contributed by atoms with Gasteiger partial charge in [-0.2, -0.15) is 0 Å². The minimum atomic E-state index is -0.749. The highest BCUT2D eigenvalue weighted by Crippen LogP contribution is 2.22. The lowest BCUT2D eigenvalue weighted by atomic mass is 9.91. The summed E-state index contributed by atoms with van der Waals surface area (Å²) in [6.45, 7) is 14.8. The molecule has 0 aliphatic carbocycles. The van der Waals surface area contributed by atoms with E-state index in [-0.39, 0.29) is 23.8 Å². The van der Waals surface area contributed by atoms with Gasteiger partial charge in [-0.1, -0.05) is 52.9 Å². The molecule has 0 aromatic heterocycles. The van der Waals surface area contributed by atoms with Gasteiger partial charge in [0, 0.05) is 6.42 Å². The Balaban J connectivity index is 0. The van der Waals surface area contributed by atoms with E-state index in [9.17, 15) is 14.4 Å². The molecule has 6 heteroatoms. The first-order valence-electron chi connectivity index (χ1n) is 12.0. The van der Waals surface area contributed by atoms with E-state index in [0.29, 0.717) is 19.6 Å². The summed E-state index contributed by atoms with van der Waals surface area (Å²) in [6, 6.07) is 0. The van der Waals surface area contributed by atoms with Crippen LogP contribution in [0.1, 0.15) is 119 Å². The van der Waals surface area contributed by atoms with E-state index >= 15 is 0 Å². The van der Waals surface area contributed by atoms with Crippen LogP contribution in [0.15, 0.2) is 0 Å². The number of carboxylic acid groups (broad SMARTS) is 1. The van der Waals surface area contributed by atoms with Crippen LogP contribution in [0.25, 0.3) is 0 Å². The molecular weight excluding hydrogens is 396 g/mol. The van der Waals surface area contributed by atoms with Gasteiger partial charge in [-0.3, -0.25) is 14.4 Å². The maximum atomic E-state index is 11.6. The lowest BCUT2D eigenvalue weighted by Gasteiger charge is -2.20. The van der Waals surface area contributed by atoms with Crippen molar-refractivity contribution in [1.82, 2.24) is 0 Å². The van der Waals surface area contributed by atoms with E-state index < -0.39 is 11.4 Å². The molecule has 0 aliphatic heterocycles. The number of hydrogen-bond acceptors (Lipinski definition) is 5. The molecular formula is C25H48O6. The van der Waals surface area contributed by atoms with E-state index in [1.54, 1.807) is 0 Å². The molecule has 31 heavy (non-hydrogen) atoms. The first kappa shape index (κ1) is 31.6. The van der Waals surface area contributed by atoms with Gasteiger partial charge in [0.15, 0.2) is 0 Å². The number of aliphatic carboxylic acids is 1. The summed E-state index contributed by atoms with van der Waals surface area (Å²) in [6.07, 6.45) is 9.73. The van der Waals surface area contributed by atoms with Crippen molar-refractivity contribution >= 4 is 17.9 Å². The Morgan fingerprint density at radius 1 is 0.645 bits per heavy atom. The molecule has 0 saturated heterocycles. The van der Waals surface area contributed by atoms with E-state index in [2.05, 4.69) is 6.92 Å². The standard InChI is InChI=1S/C13H24O4.C12H24O2/c1-4-13(2,3)12(16)17-10-8-6-5-7-9-11(14)15;1-5-7-8-9-10-14-11(13)12(3,4)6-2/h4-10H2,1-3H3,(H,14,15);5-10H2,1-4H3. The Kier molecular flexibility index (Phi) is 18.4. The van der Waals surface area contributed by atoms with E-state index in [1.165, 1.54) is 12.8 Å². The Morgan fingerprint density at radius 3 is 1.39 bits per heavy atom. The maximum absolute atomic E-state index is 11.6. The zero-order valence-corrected chi connectivity index (χ0v) is 21.2. The van der Waals surface area contributed by atoms with Gasteiger partial charge in [-0.25, -0.2) is 0 Å². The van der Waals surface area contributed by atoms with Crippen LogP contribution in [-0.4, -0.2) is 36.2 Å². The second-order valence-electron chi connectivity index (χ2n) is 9.37. The molecule has 0 unspecified atom stereocenters. The van der Waals surface area contributed by atoms with Crippen LogP contribution in [-0.2, 0) is 23.9 Å². The fourth-order valence-corrected chi connectivity index (χ4v) is 2.27. The molecule has 0 aromatic carbocycles. The SMILES string of the molecule is CCC(C)(C)C(=O)OCCCCCCC(=O)O.CCCCCCOC(=O)C(C)(C)CC. The lowest BCUT2D eigenvalue weighted by Crippen LogP contribution is -2.26. The van der Waals surface area contributed by atoms with Crippen molar-refractivity contribution in [3.8, 4) is 0 Å². The monoisotopic (exact) mass is 444 g/mol. The quantitative estimate of drug-likeness (QED) is 0.214. The summed E-state index contributed by atoms with van der Waals surface area (Å²) in [4.78, 5) is 33.3. The largest absolute Gasteiger partial charge is 0.481 e. The average molecular weight is 445 g/mol. The van der Waals surface area contributed by atoms with Crippen molar-refractivity contribution in [1.29, 1.82) is 0 Å². The smallest absolute Gasteiger partial charge is 0.311 e. The third kappa shape index (κ3) is 17.8. The molecule has 0 aliphatic rings. The zero-order chi connectivity index (χ0) is 24.3. The number of hydrogen-bond donors (Lipinski definition) is 1. The van der Waals surface area contributed by atoms with Crippen LogP contribution >= 0.6 is 0 Å². The number of unbranched alkanes of at least 4 members (excludes halogenated alkanes) is 6. The van der Waals surface area contributed by atoms with Crippen molar-refractivity contribution in [2.24, 2.45) is 10.8 Å². The van der Waals surface area contributed by atoms with Crippen LogP contribution in [0.2, 0.25) is 0 Å². The third-order valence-electron chi connectivity index (χ3n) is 5.62. The zero-order valence-electron chi connectivity index (χ0n) is 21.2. The first-order chi connectivity index (χ1) is 14.4. The van der Waals surface area contributed by atoms with Gasteiger partial charge in [-0.05, 0) is 59.8 Å². The van der Waals surface area contributed by atoms with Crippen LogP contribution in [0.5, 0.6) is 0 Å². The molecule has 0 bridgehead atoms. The Morgan fingerprint density at radius 2 is 1.03 bits per heavy atom. The predicted octanol–water partition coefficient (Wildman–Crippen LogP) is 6.55. The highest BCUT2D eigenvalue weighted by atomic mass is 16.5. The summed E-state index contributed by atoms with van der Waals surface area (Å²) in [7, 11) is 0. The van der Waals surface area contributed by atoms with Gasteiger partial charge in [0.1, 0.15) is 0 Å². The van der Waals surface area contributed by atoms with Crippen LogP contribution in [0.4, 0.5) is 0 Å². The topological polar surface area (TPSA) is 89.9 Å². The number of carbonyl (C=O) groups is 3. The normalized spacial score (nSPS) is 11.3. The van der Waals surface area contributed by atoms with E-state index in [1.807, 2.05) is 41.5 Å². The third-order valence-corrected chi connectivity index (χ3v) is 5.62. The molecule has 0 saturated carbocycles. The van der Waals surface area contributed by atoms with Crippen molar-refractivity contribution in [3.05, 3.63) is 0 Å². The lowest BCUT2D eigenvalue weighted by molar-refractivity contribution is -0.155. The summed E-state index contributed by atoms with van der Waals surface area (Å²) >= 11 is 0. The molecule has 1 N–H and O–H groups in total. The Hall–Kier alpha value is -1.59. The summed E-state index contributed by atoms with van der Waals surface area (Å²) in [5.41, 5.74) is -0.714. The van der Waals surface area contributed by atoms with Crippen LogP contribution < -0.4 is 0 Å². The molecule has 6 nitrogen and oxygen atoms in total. The fraction of sp³-hybridized carbons (Fsp3) is 0.880. The van der Waals surface area contributed by atoms with Gasteiger partial charge < -0.3 is 14.6 Å². The number of carbonyl (C=O) groups excluding carboxylic acids is 2. The predicted molar refractivity (Wildman–Crippen MR) is 125 cm³/mol. The molecule has 0 atom stereocenters. The molecule has 0 spiro atoms. The van der Waals surface area contributed by atoms with Gasteiger partial charge >= 0.3 is 17.9 Å². The molecule has 0 radical (unpaired) electrons. The Bertz CT molecular complexity index is 496. The fourth-order valence-electron chi connectivity index (χ4n) is 2.27. The van der Waals surface area contributed by atoms with Gasteiger partial charge in [0.05, 0.1) is 24.0 Å². The second kappa shape index (κ2) is 18.0. The number of carboxylic acids is 1. The highest BCUT2D eigenvalue weighted by molar-refractivity contribution is 5.76. The highest BCUT2D eigenvalue weighted by Gasteiger charge is 2.27. The van der Waals surface area contributed by atoms with Gasteiger partial charge in [-0.15, -0.1) is 0 Å². The van der Waals surface area contributed by atoms with Crippen molar-refractivity contribution < 1.29 is 29.0 Å². The average Bonchev–Trinajstić information content (AvgIpc) is 2.72. The molecule has 0 amide bonds. The molecule has 0 rings (SSSR count). The summed E-state index contributed by atoms with van der Waals surface area (Å²) in [5, 5.41) is 8.44. The van der Waals surface area contributed by atoms with E-state index in [0.717, 1.165) is 44.9 Å². The minimum absolute atomic E-state index is 0.0588. The van der Waals surface area contributed by atoms with Crippen LogP contribution in [0, 0.1) is 10.8 Å². The summed E-state index contributed by atoms with van der Waals surface area (Å²) < 4.78 is 10.4. The molecule has 0 fully saturated rings. The molecule has 0 aromatic rings. The maximum Gasteiger partial charge on any atom is 0.311 e. The second-order valence-corrected chi connectivity index (χ2v) is 9.37. The Labute approximate surface area is 190 Å². The number of rotatable bonds is 16. The minimum Gasteiger partial charge on any atom is -0.481 e. The first-order valence-corrected chi connectivity index (χ1v) is 12.0. The van der Waals surface area contributed by atoms with Crippen LogP contribution in [0.3, 0.4) is 0 Å². The number of esters is 2. The van der Waals surface area contributed by atoms with Gasteiger partial charge in [0.2, 0.25) is 0 Å².